The Kier molecular flexibility index (Phi) is 6.91. The Morgan fingerprint density at radius 1 is 1.33 bits per heavy atom. The molecule has 0 saturated heterocycles. The number of aliphatic carboxylic acids is 1. The first kappa shape index (κ1) is 16.9. The number of amides is 1. The molecule has 0 fully saturated rings. The first-order chi connectivity index (χ1) is 8.19. The molecule has 18 heavy (non-hydrogen) atoms. The summed E-state index contributed by atoms with van der Waals surface area (Å²) < 4.78 is 5.24. The third-order valence-electron chi connectivity index (χ3n) is 2.86. The molecule has 0 atom stereocenters. The number of carboxylic acids is 1. The monoisotopic (exact) mass is 259 g/mol. The van der Waals surface area contributed by atoms with E-state index < -0.39 is 11.6 Å². The van der Waals surface area contributed by atoms with Crippen LogP contribution < -0.4 is 0 Å². The molecule has 1 N–H and O–H groups in total. The van der Waals surface area contributed by atoms with E-state index in [9.17, 15) is 9.59 Å². The molecule has 1 amide bonds. The van der Waals surface area contributed by atoms with Crippen LogP contribution in [0.5, 0.6) is 0 Å². The van der Waals surface area contributed by atoms with E-state index in [2.05, 4.69) is 0 Å². The molecule has 5 nitrogen and oxygen atoms in total. The lowest BCUT2D eigenvalue weighted by molar-refractivity contribution is -0.140. The third-order valence-corrected chi connectivity index (χ3v) is 2.86. The molecule has 0 rings (SSSR count). The van der Waals surface area contributed by atoms with E-state index in [4.69, 9.17) is 9.84 Å². The molecule has 0 aliphatic carbocycles. The van der Waals surface area contributed by atoms with Crippen LogP contribution in [0.25, 0.3) is 0 Å². The van der Waals surface area contributed by atoms with Gasteiger partial charge in [0.15, 0.2) is 0 Å². The van der Waals surface area contributed by atoms with Crippen molar-refractivity contribution in [2.75, 3.05) is 13.7 Å². The molecule has 0 aromatic heterocycles. The Bertz CT molecular complexity index is 287. The van der Waals surface area contributed by atoms with Gasteiger partial charge in [-0.15, -0.1) is 0 Å². The average molecular weight is 259 g/mol. The molecule has 0 aromatic rings. The molecule has 0 aliphatic heterocycles. The number of nitrogens with zero attached hydrogens (tertiary/aromatic N) is 1. The molecule has 0 radical (unpaired) electrons. The number of carbonyl (C=O) groups excluding carboxylic acids is 1. The van der Waals surface area contributed by atoms with Crippen molar-refractivity contribution in [3.05, 3.63) is 0 Å². The van der Waals surface area contributed by atoms with Crippen molar-refractivity contribution < 1.29 is 19.4 Å². The Balaban J connectivity index is 4.41. The Morgan fingerprint density at radius 3 is 2.28 bits per heavy atom. The van der Waals surface area contributed by atoms with Crippen LogP contribution in [-0.4, -0.2) is 47.2 Å². The zero-order chi connectivity index (χ0) is 14.3. The van der Waals surface area contributed by atoms with E-state index in [-0.39, 0.29) is 18.4 Å². The number of carbonyl (C=O) groups is 2. The zero-order valence-electron chi connectivity index (χ0n) is 12.0. The van der Waals surface area contributed by atoms with E-state index in [1.54, 1.807) is 12.0 Å². The van der Waals surface area contributed by atoms with Crippen LogP contribution in [-0.2, 0) is 14.3 Å². The predicted molar refractivity (Wildman–Crippen MR) is 69.4 cm³/mol. The summed E-state index contributed by atoms with van der Waals surface area (Å²) in [6.07, 6.45) is 0.867. The van der Waals surface area contributed by atoms with Gasteiger partial charge in [-0.05, 0) is 34.1 Å². The van der Waals surface area contributed by atoms with Gasteiger partial charge in [-0.2, -0.15) is 0 Å². The van der Waals surface area contributed by atoms with E-state index in [0.29, 0.717) is 19.4 Å². The summed E-state index contributed by atoms with van der Waals surface area (Å²) in [5, 5.41) is 8.60. The zero-order valence-corrected chi connectivity index (χ0v) is 12.0. The molecule has 5 heteroatoms. The molecule has 0 bridgehead atoms. The highest BCUT2D eigenvalue weighted by molar-refractivity contribution is 5.77. The molecule has 0 aliphatic rings. The second kappa shape index (κ2) is 7.36. The lowest BCUT2D eigenvalue weighted by atomic mass is 10.0. The van der Waals surface area contributed by atoms with Gasteiger partial charge >= 0.3 is 5.97 Å². The van der Waals surface area contributed by atoms with Crippen LogP contribution in [0.3, 0.4) is 0 Å². The highest BCUT2D eigenvalue weighted by Crippen LogP contribution is 2.16. The highest BCUT2D eigenvalue weighted by Gasteiger charge is 2.26. The Morgan fingerprint density at radius 2 is 1.89 bits per heavy atom. The van der Waals surface area contributed by atoms with Gasteiger partial charge < -0.3 is 14.7 Å². The van der Waals surface area contributed by atoms with Crippen molar-refractivity contribution in [2.45, 2.75) is 58.6 Å². The minimum atomic E-state index is -0.830. The summed E-state index contributed by atoms with van der Waals surface area (Å²) in [4.78, 5) is 24.3. The Hall–Kier alpha value is -1.10. The van der Waals surface area contributed by atoms with E-state index in [1.165, 1.54) is 0 Å². The largest absolute Gasteiger partial charge is 0.481 e. The van der Waals surface area contributed by atoms with E-state index >= 15 is 0 Å². The normalized spacial score (nSPS) is 11.7. The maximum Gasteiger partial charge on any atom is 0.303 e. The topological polar surface area (TPSA) is 66.8 Å². The van der Waals surface area contributed by atoms with Crippen LogP contribution in [0.15, 0.2) is 0 Å². The van der Waals surface area contributed by atoms with Gasteiger partial charge in [0.25, 0.3) is 0 Å². The van der Waals surface area contributed by atoms with E-state index in [0.717, 1.165) is 0 Å². The molecule has 0 saturated carbocycles. The summed E-state index contributed by atoms with van der Waals surface area (Å²) in [6.45, 7) is 8.06. The summed E-state index contributed by atoms with van der Waals surface area (Å²) >= 11 is 0. The number of ether oxygens (including phenoxy) is 1. The summed E-state index contributed by atoms with van der Waals surface area (Å²) in [6, 6.07) is 0.0685. The van der Waals surface area contributed by atoms with Gasteiger partial charge in [-0.3, -0.25) is 9.59 Å². The lowest BCUT2D eigenvalue weighted by Gasteiger charge is -2.30. The standard InChI is InChI=1S/C13H25NO4/c1-10(2)14(8-6-7-12(16)17)11(15)9-13(3,4)18-5/h10H,6-9H2,1-5H3,(H,16,17). The molecule has 0 aromatic carbocycles. The smallest absolute Gasteiger partial charge is 0.303 e. The van der Waals surface area contributed by atoms with Gasteiger partial charge in [0, 0.05) is 26.1 Å². The molecule has 0 heterocycles. The van der Waals surface area contributed by atoms with Crippen molar-refractivity contribution in [3.63, 3.8) is 0 Å². The first-order valence-electron chi connectivity index (χ1n) is 6.26. The van der Waals surface area contributed by atoms with Crippen molar-refractivity contribution >= 4 is 11.9 Å². The quantitative estimate of drug-likeness (QED) is 0.723. The first-order valence-corrected chi connectivity index (χ1v) is 6.26. The van der Waals surface area contributed by atoms with Gasteiger partial charge in [0.05, 0.1) is 12.0 Å². The number of rotatable bonds is 8. The third kappa shape index (κ3) is 6.59. The van der Waals surface area contributed by atoms with Gasteiger partial charge in [0.1, 0.15) is 0 Å². The maximum absolute atomic E-state index is 12.1. The second-order valence-electron chi connectivity index (χ2n) is 5.32. The molecular weight excluding hydrogens is 234 g/mol. The number of hydrogen-bond donors (Lipinski definition) is 1. The fourth-order valence-corrected chi connectivity index (χ4v) is 1.61. The fourth-order valence-electron chi connectivity index (χ4n) is 1.61. The SMILES string of the molecule is COC(C)(C)CC(=O)N(CCCC(=O)O)C(C)C. The van der Waals surface area contributed by atoms with Crippen LogP contribution >= 0.6 is 0 Å². The molecular formula is C13H25NO4. The molecule has 106 valence electrons. The minimum absolute atomic E-state index is 0.00207. The van der Waals surface area contributed by atoms with Crippen molar-refractivity contribution in [1.82, 2.24) is 4.90 Å². The summed E-state index contributed by atoms with van der Waals surface area (Å²) in [7, 11) is 1.58. The molecule has 0 unspecified atom stereocenters. The average Bonchev–Trinajstić information content (AvgIpc) is 2.22. The summed E-state index contributed by atoms with van der Waals surface area (Å²) in [5.74, 6) is -0.828. The van der Waals surface area contributed by atoms with Gasteiger partial charge in [-0.25, -0.2) is 0 Å². The predicted octanol–water partition coefficient (Wildman–Crippen LogP) is 1.90. The van der Waals surface area contributed by atoms with E-state index in [1.807, 2.05) is 27.7 Å². The second-order valence-corrected chi connectivity index (χ2v) is 5.32. The van der Waals surface area contributed by atoms with Gasteiger partial charge in [0.2, 0.25) is 5.91 Å². The van der Waals surface area contributed by atoms with Crippen molar-refractivity contribution in [2.24, 2.45) is 0 Å². The highest BCUT2D eigenvalue weighted by atomic mass is 16.5. The van der Waals surface area contributed by atoms with Crippen LogP contribution in [0.1, 0.15) is 47.0 Å². The number of methoxy groups -OCH3 is 1. The van der Waals surface area contributed by atoms with Crippen LogP contribution in [0.2, 0.25) is 0 Å². The maximum atomic E-state index is 12.1. The number of carboxylic acid groups (broad SMARTS) is 1. The van der Waals surface area contributed by atoms with Crippen molar-refractivity contribution in [3.8, 4) is 0 Å². The lowest BCUT2D eigenvalue weighted by Crippen LogP contribution is -2.41. The van der Waals surface area contributed by atoms with Crippen LogP contribution in [0, 0.1) is 0 Å². The van der Waals surface area contributed by atoms with Gasteiger partial charge in [-0.1, -0.05) is 0 Å². The van der Waals surface area contributed by atoms with Crippen molar-refractivity contribution in [1.29, 1.82) is 0 Å². The minimum Gasteiger partial charge on any atom is -0.481 e. The van der Waals surface area contributed by atoms with Crippen LogP contribution in [0.4, 0.5) is 0 Å². The summed E-state index contributed by atoms with van der Waals surface area (Å²) in [5.41, 5.74) is -0.489. The number of hydrogen-bond acceptors (Lipinski definition) is 3. The fraction of sp³-hybridized carbons (Fsp3) is 0.846. The Labute approximate surface area is 109 Å². The molecule has 0 spiro atoms.